The van der Waals surface area contributed by atoms with Gasteiger partial charge < -0.3 is 4.74 Å². The fourth-order valence-corrected chi connectivity index (χ4v) is 7.00. The van der Waals surface area contributed by atoms with Crippen molar-refractivity contribution in [3.8, 4) is 56.4 Å². The topological polar surface area (TPSA) is 30.9 Å². The second kappa shape index (κ2) is 12.6. The molecule has 3 heterocycles. The molecule has 9 rings (SSSR count). The van der Waals surface area contributed by atoms with Crippen molar-refractivity contribution in [2.75, 3.05) is 0 Å². The number of ether oxygens (including phenoxy) is 1. The van der Waals surface area contributed by atoms with Crippen LogP contribution >= 0.6 is 11.3 Å². The van der Waals surface area contributed by atoms with Crippen LogP contribution in [0.2, 0.25) is 0 Å². The molecule has 0 aliphatic carbocycles. The SMILES string of the molecule is [2H]c1c([2H])c([2H])c(-c2cccc(-c3c([2H])c([2H])c([2H])c(C)c3[2H])c2-[n+]2[c-]n(-c3cccc(Oc4cccc(-c5nccc6sccc56)c4)c3)c3ccccc32)c([2H])c1[2H]. The van der Waals surface area contributed by atoms with E-state index in [4.69, 9.17) is 17.1 Å². The summed E-state index contributed by atoms with van der Waals surface area (Å²) in [5, 5.41) is 3.11. The Morgan fingerprint density at radius 3 is 2.42 bits per heavy atom. The van der Waals surface area contributed by atoms with Crippen molar-refractivity contribution in [2.24, 2.45) is 0 Å². The number of benzene rings is 6. The Morgan fingerprint density at radius 2 is 1.52 bits per heavy atom. The lowest BCUT2D eigenvalue weighted by Crippen LogP contribution is -2.31. The molecular weight excluding hydrogens is 631 g/mol. The maximum absolute atomic E-state index is 9.11. The van der Waals surface area contributed by atoms with E-state index in [-0.39, 0.29) is 57.7 Å². The molecule has 6 aromatic carbocycles. The van der Waals surface area contributed by atoms with E-state index in [1.165, 1.54) is 0 Å². The minimum Gasteiger partial charge on any atom is -0.458 e. The van der Waals surface area contributed by atoms with Crippen LogP contribution in [0.4, 0.5) is 0 Å². The number of nitrogens with zero attached hydrogens (tertiary/aromatic N) is 3. The fourth-order valence-electron chi connectivity index (χ4n) is 6.22. The van der Waals surface area contributed by atoms with Crippen molar-refractivity contribution in [1.82, 2.24) is 9.55 Å². The van der Waals surface area contributed by atoms with Gasteiger partial charge in [-0.2, -0.15) is 0 Å². The van der Waals surface area contributed by atoms with Crippen LogP contribution in [0.5, 0.6) is 11.5 Å². The lowest BCUT2D eigenvalue weighted by atomic mass is 9.95. The van der Waals surface area contributed by atoms with Gasteiger partial charge in [0, 0.05) is 21.8 Å². The first-order chi connectivity index (χ1) is 28.4. The Morgan fingerprint density at radius 1 is 0.740 bits per heavy atom. The van der Waals surface area contributed by atoms with Crippen LogP contribution in [0.25, 0.3) is 66.0 Å². The average Bonchev–Trinajstić information content (AvgIpc) is 3.90. The molecule has 0 bridgehead atoms. The molecule has 0 aliphatic rings. The molecule has 0 aliphatic heterocycles. The molecule has 9 aromatic rings. The first-order valence-electron chi connectivity index (χ1n) is 20.4. The highest BCUT2D eigenvalue weighted by molar-refractivity contribution is 7.17. The summed E-state index contributed by atoms with van der Waals surface area (Å²) in [6, 6.07) is 28.2. The van der Waals surface area contributed by atoms with E-state index in [1.807, 2.05) is 88.8 Å². The van der Waals surface area contributed by atoms with Gasteiger partial charge in [0.2, 0.25) is 0 Å². The first-order valence-corrected chi connectivity index (χ1v) is 16.8. The summed E-state index contributed by atoms with van der Waals surface area (Å²) in [7, 11) is 0. The molecule has 238 valence electrons. The van der Waals surface area contributed by atoms with Crippen molar-refractivity contribution in [2.45, 2.75) is 6.92 Å². The third-order valence-electron chi connectivity index (χ3n) is 8.41. The van der Waals surface area contributed by atoms with Gasteiger partial charge in [0.05, 0.1) is 40.4 Å². The molecular formula is C45H31N3OS. The number of fused-ring (bicyclic) bond motifs is 2. The van der Waals surface area contributed by atoms with E-state index in [9.17, 15) is 0 Å². The number of hydrogen-bond donors (Lipinski definition) is 0. The quantitative estimate of drug-likeness (QED) is 0.125. The zero-order valence-electron chi connectivity index (χ0n) is 35.6. The number of pyridine rings is 1. The molecule has 0 N–H and O–H groups in total. The van der Waals surface area contributed by atoms with Gasteiger partial charge in [-0.1, -0.05) is 121 Å². The van der Waals surface area contributed by atoms with Crippen LogP contribution in [0, 0.1) is 13.3 Å². The Hall–Kier alpha value is -6.30. The fraction of sp³-hybridized carbons (Fsp3) is 0.0222. The smallest absolute Gasteiger partial charge is 0.269 e. The minimum atomic E-state index is -0.537. The summed E-state index contributed by atoms with van der Waals surface area (Å²) in [5.74, 6) is 1.16. The Labute approximate surface area is 307 Å². The number of hydrogen-bond acceptors (Lipinski definition) is 3. The molecule has 0 unspecified atom stereocenters. The van der Waals surface area contributed by atoms with Crippen molar-refractivity contribution >= 4 is 32.5 Å². The zero-order valence-corrected chi connectivity index (χ0v) is 27.4. The summed E-state index contributed by atoms with van der Waals surface area (Å²) in [4.78, 5) is 4.66. The molecule has 5 heteroatoms. The van der Waals surface area contributed by atoms with E-state index in [0.717, 1.165) is 21.3 Å². The number of aromatic nitrogens is 3. The summed E-state index contributed by atoms with van der Waals surface area (Å²) in [5.41, 5.74) is 4.74. The van der Waals surface area contributed by atoms with Gasteiger partial charge in [-0.3, -0.25) is 14.1 Å². The van der Waals surface area contributed by atoms with Gasteiger partial charge in [0.1, 0.15) is 11.5 Å². The maximum Gasteiger partial charge on any atom is 0.269 e. The van der Waals surface area contributed by atoms with Crippen molar-refractivity contribution in [3.63, 3.8) is 0 Å². The number of thiophene rings is 1. The molecule has 50 heavy (non-hydrogen) atoms. The lowest BCUT2D eigenvalue weighted by molar-refractivity contribution is -0.571. The monoisotopic (exact) mass is 670 g/mol. The number of rotatable bonds is 7. The van der Waals surface area contributed by atoms with Crippen LogP contribution in [-0.4, -0.2) is 9.55 Å². The summed E-state index contributed by atoms with van der Waals surface area (Å²) in [6.07, 6.45) is 5.25. The van der Waals surface area contributed by atoms with Gasteiger partial charge in [0.25, 0.3) is 6.33 Å². The molecule has 3 aromatic heterocycles. The van der Waals surface area contributed by atoms with Crippen LogP contribution in [-0.2, 0) is 0 Å². The summed E-state index contributed by atoms with van der Waals surface area (Å²) >= 11 is 1.66. The van der Waals surface area contributed by atoms with Crippen molar-refractivity contribution in [3.05, 3.63) is 181 Å². The Kier molecular flexibility index (Phi) is 5.46. The molecule has 0 radical (unpaired) electrons. The molecule has 0 spiro atoms. The van der Waals surface area contributed by atoms with Gasteiger partial charge in [0.15, 0.2) is 0 Å². The largest absolute Gasteiger partial charge is 0.458 e. The minimum absolute atomic E-state index is 0.0634. The second-order valence-electron chi connectivity index (χ2n) is 11.6. The highest BCUT2D eigenvalue weighted by Gasteiger charge is 2.20. The molecule has 4 nitrogen and oxygen atoms in total. The Balaban J connectivity index is 1.24. The number of para-hydroxylation sites is 3. The molecule has 0 saturated heterocycles. The van der Waals surface area contributed by atoms with Crippen LogP contribution in [0.15, 0.2) is 169 Å². The van der Waals surface area contributed by atoms with E-state index in [2.05, 4.69) is 17.4 Å². The van der Waals surface area contributed by atoms with Gasteiger partial charge in [-0.25, -0.2) is 0 Å². The van der Waals surface area contributed by atoms with Crippen LogP contribution in [0.1, 0.15) is 17.9 Å². The predicted octanol–water partition coefficient (Wildman–Crippen LogP) is 11.4. The van der Waals surface area contributed by atoms with Crippen molar-refractivity contribution in [1.29, 1.82) is 0 Å². The lowest BCUT2D eigenvalue weighted by Gasteiger charge is -2.17. The second-order valence-corrected chi connectivity index (χ2v) is 12.5. The van der Waals surface area contributed by atoms with Gasteiger partial charge in [-0.05, 0) is 77.0 Å². The van der Waals surface area contributed by atoms with E-state index in [0.29, 0.717) is 28.2 Å². The third kappa shape index (κ3) is 5.44. The highest BCUT2D eigenvalue weighted by Crippen LogP contribution is 2.36. The molecule has 0 amide bonds. The molecule has 0 atom stereocenters. The third-order valence-corrected chi connectivity index (χ3v) is 9.29. The summed E-state index contributed by atoms with van der Waals surface area (Å²) < 4.78 is 89.4. The number of imidazole rings is 1. The van der Waals surface area contributed by atoms with Crippen molar-refractivity contribution < 1.29 is 21.6 Å². The van der Waals surface area contributed by atoms with E-state index >= 15 is 0 Å². The first kappa shape index (κ1) is 21.6. The summed E-state index contributed by atoms with van der Waals surface area (Å²) in [6.45, 7) is 1.56. The van der Waals surface area contributed by atoms with Crippen LogP contribution < -0.4 is 9.30 Å². The maximum atomic E-state index is 9.11. The van der Waals surface area contributed by atoms with Gasteiger partial charge in [-0.15, -0.1) is 11.3 Å². The normalized spacial score (nSPS) is 13.8. The zero-order chi connectivity index (χ0) is 41.3. The average molecular weight is 671 g/mol. The van der Waals surface area contributed by atoms with Crippen LogP contribution in [0.3, 0.4) is 0 Å². The van der Waals surface area contributed by atoms with E-state index < -0.39 is 30.2 Å². The van der Waals surface area contributed by atoms with E-state index in [1.54, 1.807) is 47.2 Å². The van der Waals surface area contributed by atoms with Gasteiger partial charge >= 0.3 is 0 Å². The highest BCUT2D eigenvalue weighted by atomic mass is 32.1. The molecule has 0 fully saturated rings. The predicted molar refractivity (Wildman–Crippen MR) is 204 cm³/mol. The molecule has 0 saturated carbocycles. The standard InChI is InChI=1S/C45H31N3OS/c1-31-11-7-14-33(27-31)39-20-10-19-38(32-12-3-2-4-13-32)45(39)48-30-47(41-21-5-6-22-42(41)48)35-16-9-18-37(29-35)49-36-17-8-15-34(28-36)44-40-24-26-50-43(40)23-25-46-44/h2-29H,1H3/i2D,3D,4D,7D,11D,12D,13D,14D,27D. The Bertz CT molecular complexity index is 3030.